The van der Waals surface area contributed by atoms with Gasteiger partial charge in [0.25, 0.3) is 11.8 Å². The van der Waals surface area contributed by atoms with Gasteiger partial charge >= 0.3 is 11.9 Å². The van der Waals surface area contributed by atoms with Gasteiger partial charge in [0.2, 0.25) is 6.10 Å². The highest BCUT2D eigenvalue weighted by Crippen LogP contribution is 2.28. The minimum absolute atomic E-state index is 0.0758. The molecular formula is C17H18N2O7. The van der Waals surface area contributed by atoms with Crippen molar-refractivity contribution in [3.05, 3.63) is 29.3 Å². The molecular weight excluding hydrogens is 344 g/mol. The summed E-state index contributed by atoms with van der Waals surface area (Å²) >= 11 is 0. The Hall–Kier alpha value is -2.94. The molecule has 1 aromatic rings. The van der Waals surface area contributed by atoms with Crippen LogP contribution in [0.4, 0.5) is 5.69 Å². The van der Waals surface area contributed by atoms with Gasteiger partial charge in [-0.05, 0) is 17.7 Å². The summed E-state index contributed by atoms with van der Waals surface area (Å²) in [5.74, 6) is -3.06. The number of esters is 1. The van der Waals surface area contributed by atoms with Crippen LogP contribution in [0.25, 0.3) is 0 Å². The molecule has 1 unspecified atom stereocenters. The zero-order chi connectivity index (χ0) is 19.0. The predicted octanol–water partition coefficient (Wildman–Crippen LogP) is 0.0203. The number of morpholine rings is 1. The fourth-order valence-corrected chi connectivity index (χ4v) is 3.10. The maximum absolute atomic E-state index is 12.8. The standard InChI is InChI=1S/C17H18N2O7/c1-9(20)26-14(17(23)24)13-16(22)19(5-6-25-13)11-4-3-10-8-18(2)15(21)12(10)7-11/h3-4,7,13-14H,5-6,8H2,1-2H3,(H,23,24)/t13-,14?/m0/s1. The van der Waals surface area contributed by atoms with E-state index in [1.165, 1.54) is 4.90 Å². The second-order valence-corrected chi connectivity index (χ2v) is 6.15. The van der Waals surface area contributed by atoms with Gasteiger partial charge < -0.3 is 24.4 Å². The van der Waals surface area contributed by atoms with Crippen LogP contribution in [0, 0.1) is 0 Å². The lowest BCUT2D eigenvalue weighted by Gasteiger charge is -2.34. The van der Waals surface area contributed by atoms with E-state index in [1.54, 1.807) is 30.1 Å². The van der Waals surface area contributed by atoms with E-state index in [4.69, 9.17) is 9.47 Å². The highest BCUT2D eigenvalue weighted by atomic mass is 16.6. The predicted molar refractivity (Wildman–Crippen MR) is 87.5 cm³/mol. The van der Waals surface area contributed by atoms with Crippen molar-refractivity contribution in [3.8, 4) is 0 Å². The van der Waals surface area contributed by atoms with Gasteiger partial charge in [0.15, 0.2) is 6.10 Å². The van der Waals surface area contributed by atoms with Crippen molar-refractivity contribution >= 4 is 29.4 Å². The van der Waals surface area contributed by atoms with Crippen molar-refractivity contribution in [2.45, 2.75) is 25.7 Å². The van der Waals surface area contributed by atoms with E-state index in [9.17, 15) is 24.3 Å². The number of carbonyl (C=O) groups excluding carboxylic acids is 3. The molecule has 138 valence electrons. The van der Waals surface area contributed by atoms with Crippen LogP contribution in [-0.2, 0) is 30.4 Å². The van der Waals surface area contributed by atoms with E-state index in [1.807, 2.05) is 0 Å². The molecule has 26 heavy (non-hydrogen) atoms. The van der Waals surface area contributed by atoms with Gasteiger partial charge in [0.1, 0.15) is 0 Å². The quantitative estimate of drug-likeness (QED) is 0.751. The molecule has 1 fully saturated rings. The zero-order valence-corrected chi connectivity index (χ0v) is 14.3. The maximum Gasteiger partial charge on any atom is 0.348 e. The molecule has 1 N–H and O–H groups in total. The summed E-state index contributed by atoms with van der Waals surface area (Å²) in [7, 11) is 1.69. The third-order valence-electron chi connectivity index (χ3n) is 4.32. The van der Waals surface area contributed by atoms with Crippen LogP contribution >= 0.6 is 0 Å². The molecule has 9 nitrogen and oxygen atoms in total. The Balaban J connectivity index is 1.88. The number of aliphatic carboxylic acids is 1. The molecule has 1 aromatic carbocycles. The Morgan fingerprint density at radius 3 is 2.73 bits per heavy atom. The highest BCUT2D eigenvalue weighted by molar-refractivity contribution is 6.03. The number of hydrogen-bond donors (Lipinski definition) is 1. The number of amides is 2. The molecule has 2 atom stereocenters. The molecule has 2 aliphatic heterocycles. The van der Waals surface area contributed by atoms with E-state index in [0.29, 0.717) is 17.8 Å². The normalized spacial score (nSPS) is 20.8. The minimum Gasteiger partial charge on any atom is -0.478 e. The van der Waals surface area contributed by atoms with Crippen LogP contribution in [0.15, 0.2) is 18.2 Å². The smallest absolute Gasteiger partial charge is 0.348 e. The van der Waals surface area contributed by atoms with E-state index in [-0.39, 0.29) is 19.1 Å². The van der Waals surface area contributed by atoms with Crippen LogP contribution < -0.4 is 4.90 Å². The highest BCUT2D eigenvalue weighted by Gasteiger charge is 2.42. The fourth-order valence-electron chi connectivity index (χ4n) is 3.10. The summed E-state index contributed by atoms with van der Waals surface area (Å²) in [4.78, 5) is 50.3. The minimum atomic E-state index is -1.73. The number of ether oxygens (including phenoxy) is 2. The van der Waals surface area contributed by atoms with Crippen LogP contribution in [0.1, 0.15) is 22.8 Å². The summed E-state index contributed by atoms with van der Waals surface area (Å²) in [6.45, 7) is 1.84. The Kier molecular flexibility index (Phi) is 4.64. The number of nitrogens with zero attached hydrogens (tertiary/aromatic N) is 2. The number of hydrogen-bond acceptors (Lipinski definition) is 6. The summed E-state index contributed by atoms with van der Waals surface area (Å²) in [5, 5.41) is 9.26. The average Bonchev–Trinajstić information content (AvgIpc) is 2.87. The first-order valence-electron chi connectivity index (χ1n) is 8.01. The topological polar surface area (TPSA) is 113 Å². The average molecular weight is 362 g/mol. The van der Waals surface area contributed by atoms with E-state index in [2.05, 4.69) is 0 Å². The van der Waals surface area contributed by atoms with Gasteiger partial charge in [-0.25, -0.2) is 4.79 Å². The SMILES string of the molecule is CC(=O)OC(C(=O)O)[C@@H]1OCCN(c2ccc3c(c2)C(=O)N(C)C3)C1=O. The van der Waals surface area contributed by atoms with Crippen LogP contribution in [-0.4, -0.2) is 66.2 Å². The first kappa shape index (κ1) is 17.9. The van der Waals surface area contributed by atoms with Gasteiger partial charge in [-0.1, -0.05) is 6.07 Å². The number of fused-ring (bicyclic) bond motifs is 1. The molecule has 3 rings (SSSR count). The van der Waals surface area contributed by atoms with Crippen molar-refractivity contribution in [1.82, 2.24) is 4.90 Å². The zero-order valence-electron chi connectivity index (χ0n) is 14.3. The van der Waals surface area contributed by atoms with E-state index < -0.39 is 30.1 Å². The molecule has 2 heterocycles. The second kappa shape index (κ2) is 6.75. The Morgan fingerprint density at radius 1 is 1.35 bits per heavy atom. The number of benzene rings is 1. The second-order valence-electron chi connectivity index (χ2n) is 6.15. The van der Waals surface area contributed by atoms with Gasteiger partial charge in [0.05, 0.1) is 6.61 Å². The van der Waals surface area contributed by atoms with E-state index >= 15 is 0 Å². The molecule has 0 spiro atoms. The van der Waals surface area contributed by atoms with Crippen LogP contribution in [0.3, 0.4) is 0 Å². The van der Waals surface area contributed by atoms with E-state index in [0.717, 1.165) is 12.5 Å². The largest absolute Gasteiger partial charge is 0.478 e. The van der Waals surface area contributed by atoms with Crippen molar-refractivity contribution in [2.75, 3.05) is 25.1 Å². The van der Waals surface area contributed by atoms with Crippen LogP contribution in [0.5, 0.6) is 0 Å². The molecule has 1 saturated heterocycles. The van der Waals surface area contributed by atoms with Gasteiger partial charge in [-0.15, -0.1) is 0 Å². The van der Waals surface area contributed by atoms with Crippen molar-refractivity contribution in [1.29, 1.82) is 0 Å². The molecule has 0 radical (unpaired) electrons. The monoisotopic (exact) mass is 362 g/mol. The van der Waals surface area contributed by atoms with Gasteiger partial charge in [-0.2, -0.15) is 0 Å². The Morgan fingerprint density at radius 2 is 2.08 bits per heavy atom. The first-order valence-corrected chi connectivity index (χ1v) is 8.01. The summed E-state index contributed by atoms with van der Waals surface area (Å²) < 4.78 is 10.0. The number of carbonyl (C=O) groups is 4. The lowest BCUT2D eigenvalue weighted by atomic mass is 10.1. The lowest BCUT2D eigenvalue weighted by Crippen LogP contribution is -2.55. The lowest BCUT2D eigenvalue weighted by molar-refractivity contribution is -0.177. The van der Waals surface area contributed by atoms with Crippen molar-refractivity contribution < 1.29 is 33.8 Å². The molecule has 2 aliphatic rings. The number of anilines is 1. The summed E-state index contributed by atoms with van der Waals surface area (Å²) in [5.41, 5.74) is 1.84. The first-order chi connectivity index (χ1) is 12.3. The van der Waals surface area contributed by atoms with Crippen LogP contribution in [0.2, 0.25) is 0 Å². The maximum atomic E-state index is 12.8. The Labute approximate surface area is 149 Å². The molecule has 0 saturated carbocycles. The molecule has 0 aliphatic carbocycles. The fraction of sp³-hybridized carbons (Fsp3) is 0.412. The number of rotatable bonds is 4. The molecule has 0 bridgehead atoms. The Bertz CT molecular complexity index is 791. The molecule has 0 aromatic heterocycles. The van der Waals surface area contributed by atoms with Gasteiger partial charge in [-0.3, -0.25) is 14.4 Å². The van der Waals surface area contributed by atoms with Crippen molar-refractivity contribution in [3.63, 3.8) is 0 Å². The summed E-state index contributed by atoms with van der Waals surface area (Å²) in [6, 6.07) is 5.08. The van der Waals surface area contributed by atoms with Gasteiger partial charge in [0, 0.05) is 38.3 Å². The number of carboxylic acids is 1. The molecule has 9 heteroatoms. The molecule has 2 amide bonds. The summed E-state index contributed by atoms with van der Waals surface area (Å²) in [6.07, 6.45) is -3.18. The number of carboxylic acid groups (broad SMARTS) is 1. The third kappa shape index (κ3) is 3.13. The van der Waals surface area contributed by atoms with Crippen molar-refractivity contribution in [2.24, 2.45) is 0 Å². The third-order valence-corrected chi connectivity index (χ3v) is 4.32.